The van der Waals surface area contributed by atoms with Crippen molar-refractivity contribution < 1.29 is 13.5 Å². The summed E-state index contributed by atoms with van der Waals surface area (Å²) in [7, 11) is 0. The third-order valence-electron chi connectivity index (χ3n) is 4.00. The van der Waals surface area contributed by atoms with Gasteiger partial charge in [0.15, 0.2) is 0 Å². The number of nitrogens with zero attached hydrogens (tertiary/aromatic N) is 3. The van der Waals surface area contributed by atoms with E-state index < -0.39 is 0 Å². The van der Waals surface area contributed by atoms with Gasteiger partial charge >= 0.3 is 6.01 Å². The Labute approximate surface area is 132 Å². The molecular formula is C15H15ClFN3O2. The molecule has 1 aromatic heterocycles. The highest BCUT2D eigenvalue weighted by atomic mass is 35.5. The van der Waals surface area contributed by atoms with E-state index in [9.17, 15) is 4.39 Å². The van der Waals surface area contributed by atoms with Crippen molar-refractivity contribution in [2.24, 2.45) is 0 Å². The van der Waals surface area contributed by atoms with Gasteiger partial charge in [-0.2, -0.15) is 0 Å². The fraction of sp³-hybridized carbons (Fsp3) is 0.467. The van der Waals surface area contributed by atoms with Crippen LogP contribution < -0.4 is 4.90 Å². The second-order valence-corrected chi connectivity index (χ2v) is 6.08. The Kier molecular flexibility index (Phi) is 3.50. The summed E-state index contributed by atoms with van der Waals surface area (Å²) >= 11 is 6.12. The van der Waals surface area contributed by atoms with Crippen LogP contribution in [-0.4, -0.2) is 29.9 Å². The number of ether oxygens (including phenoxy) is 1. The monoisotopic (exact) mass is 323 g/mol. The van der Waals surface area contributed by atoms with Gasteiger partial charge in [0.05, 0.1) is 13.2 Å². The van der Waals surface area contributed by atoms with Gasteiger partial charge in [-0.1, -0.05) is 22.8 Å². The molecule has 2 fully saturated rings. The third kappa shape index (κ3) is 2.68. The highest BCUT2D eigenvalue weighted by Crippen LogP contribution is 2.40. The van der Waals surface area contributed by atoms with Gasteiger partial charge in [-0.3, -0.25) is 0 Å². The van der Waals surface area contributed by atoms with E-state index in [0.29, 0.717) is 36.7 Å². The topological polar surface area (TPSA) is 51.4 Å². The molecule has 0 spiro atoms. The molecule has 1 unspecified atom stereocenters. The van der Waals surface area contributed by atoms with E-state index in [1.807, 2.05) is 4.90 Å². The molecule has 1 saturated heterocycles. The van der Waals surface area contributed by atoms with Gasteiger partial charge in [0.1, 0.15) is 11.9 Å². The maximum atomic E-state index is 13.2. The smallest absolute Gasteiger partial charge is 0.318 e. The number of halogens is 2. The van der Waals surface area contributed by atoms with Crippen molar-refractivity contribution in [2.75, 3.05) is 24.6 Å². The van der Waals surface area contributed by atoms with Crippen molar-refractivity contribution in [3.63, 3.8) is 0 Å². The Morgan fingerprint density at radius 1 is 1.27 bits per heavy atom. The molecule has 0 bridgehead atoms. The van der Waals surface area contributed by atoms with Crippen LogP contribution in [0.25, 0.3) is 0 Å². The first-order valence-electron chi connectivity index (χ1n) is 7.35. The lowest BCUT2D eigenvalue weighted by atomic mass is 10.1. The average molecular weight is 324 g/mol. The lowest BCUT2D eigenvalue weighted by Gasteiger charge is -2.32. The van der Waals surface area contributed by atoms with Crippen LogP contribution in [0.5, 0.6) is 0 Å². The van der Waals surface area contributed by atoms with Crippen LogP contribution in [0.3, 0.4) is 0 Å². The van der Waals surface area contributed by atoms with Gasteiger partial charge in [0.25, 0.3) is 0 Å². The molecule has 2 aliphatic rings. The average Bonchev–Trinajstić information content (AvgIpc) is 3.25. The van der Waals surface area contributed by atoms with Crippen molar-refractivity contribution in [1.82, 2.24) is 10.2 Å². The molecule has 0 N–H and O–H groups in total. The lowest BCUT2D eigenvalue weighted by molar-refractivity contribution is 0.0380. The molecule has 2 heterocycles. The van der Waals surface area contributed by atoms with E-state index in [1.54, 1.807) is 6.07 Å². The normalized spacial score (nSPS) is 22.1. The zero-order valence-electron chi connectivity index (χ0n) is 11.8. The van der Waals surface area contributed by atoms with E-state index >= 15 is 0 Å². The van der Waals surface area contributed by atoms with Gasteiger partial charge in [-0.05, 0) is 25.0 Å². The molecule has 22 heavy (non-hydrogen) atoms. The van der Waals surface area contributed by atoms with Gasteiger partial charge in [-0.25, -0.2) is 4.39 Å². The van der Waals surface area contributed by atoms with Crippen LogP contribution in [0, 0.1) is 5.82 Å². The maximum absolute atomic E-state index is 13.2. The zero-order valence-corrected chi connectivity index (χ0v) is 12.6. The summed E-state index contributed by atoms with van der Waals surface area (Å²) < 4.78 is 24.7. The van der Waals surface area contributed by atoms with Crippen LogP contribution in [-0.2, 0) is 4.74 Å². The zero-order chi connectivity index (χ0) is 15.1. The summed E-state index contributed by atoms with van der Waals surface area (Å²) in [6, 6.07) is 4.88. The Balaban J connectivity index is 1.53. The van der Waals surface area contributed by atoms with Gasteiger partial charge in [0, 0.05) is 23.0 Å². The molecule has 1 atom stereocenters. The molecule has 7 heteroatoms. The SMILES string of the molecule is Fc1ccc(C2CN(c3nnc(C4CC4)o3)CCO2)c(Cl)c1. The minimum Gasteiger partial charge on any atom is -0.408 e. The second-order valence-electron chi connectivity index (χ2n) is 5.67. The molecule has 5 nitrogen and oxygen atoms in total. The number of hydrogen-bond donors (Lipinski definition) is 0. The largest absolute Gasteiger partial charge is 0.408 e. The fourth-order valence-corrected chi connectivity index (χ4v) is 2.91. The number of aromatic nitrogens is 2. The molecule has 2 aromatic rings. The molecule has 1 aliphatic carbocycles. The number of anilines is 1. The van der Waals surface area contributed by atoms with Gasteiger partial charge < -0.3 is 14.1 Å². The van der Waals surface area contributed by atoms with Gasteiger partial charge in [0.2, 0.25) is 5.89 Å². The quantitative estimate of drug-likeness (QED) is 0.867. The molecule has 1 aromatic carbocycles. The summed E-state index contributed by atoms with van der Waals surface area (Å²) in [5.41, 5.74) is 0.773. The van der Waals surface area contributed by atoms with Crippen molar-refractivity contribution >= 4 is 17.6 Å². The van der Waals surface area contributed by atoms with E-state index in [0.717, 1.165) is 24.3 Å². The van der Waals surface area contributed by atoms with Crippen molar-refractivity contribution in [1.29, 1.82) is 0 Å². The number of benzene rings is 1. The molecule has 4 rings (SSSR count). The Morgan fingerprint density at radius 2 is 2.14 bits per heavy atom. The molecule has 116 valence electrons. The van der Waals surface area contributed by atoms with Crippen LogP contribution >= 0.6 is 11.6 Å². The summed E-state index contributed by atoms with van der Waals surface area (Å²) in [5.74, 6) is 0.801. The summed E-state index contributed by atoms with van der Waals surface area (Å²) in [6.07, 6.45) is 2.01. The number of morpholine rings is 1. The van der Waals surface area contributed by atoms with E-state index in [4.69, 9.17) is 20.8 Å². The van der Waals surface area contributed by atoms with Crippen molar-refractivity contribution in [3.05, 3.63) is 40.5 Å². The van der Waals surface area contributed by atoms with Crippen LogP contribution in [0.1, 0.15) is 36.3 Å². The maximum Gasteiger partial charge on any atom is 0.318 e. The highest BCUT2D eigenvalue weighted by molar-refractivity contribution is 6.31. The van der Waals surface area contributed by atoms with E-state index in [2.05, 4.69) is 10.2 Å². The Hall–Kier alpha value is -1.66. The molecule has 0 amide bonds. The third-order valence-corrected chi connectivity index (χ3v) is 4.33. The second kappa shape index (κ2) is 5.52. The summed E-state index contributed by atoms with van der Waals surface area (Å²) in [5, 5.41) is 8.60. The summed E-state index contributed by atoms with van der Waals surface area (Å²) in [6.45, 7) is 1.76. The summed E-state index contributed by atoms with van der Waals surface area (Å²) in [4.78, 5) is 1.99. The van der Waals surface area contributed by atoms with Crippen LogP contribution in [0.15, 0.2) is 22.6 Å². The number of rotatable bonds is 3. The van der Waals surface area contributed by atoms with E-state index in [1.165, 1.54) is 12.1 Å². The lowest BCUT2D eigenvalue weighted by Crippen LogP contribution is -2.38. The van der Waals surface area contributed by atoms with Crippen LogP contribution in [0.4, 0.5) is 10.4 Å². The molecule has 0 radical (unpaired) electrons. The predicted octanol–water partition coefficient (Wildman–Crippen LogP) is 3.32. The number of hydrogen-bond acceptors (Lipinski definition) is 5. The first-order valence-corrected chi connectivity index (χ1v) is 7.73. The van der Waals surface area contributed by atoms with Gasteiger partial charge in [-0.15, -0.1) is 5.10 Å². The van der Waals surface area contributed by atoms with Crippen molar-refractivity contribution in [2.45, 2.75) is 24.9 Å². The van der Waals surface area contributed by atoms with Crippen molar-refractivity contribution in [3.8, 4) is 0 Å². The Morgan fingerprint density at radius 3 is 2.91 bits per heavy atom. The minimum absolute atomic E-state index is 0.238. The molecule has 1 aliphatic heterocycles. The first-order chi connectivity index (χ1) is 10.7. The first kappa shape index (κ1) is 14.0. The predicted molar refractivity (Wildman–Crippen MR) is 78.6 cm³/mol. The Bertz CT molecular complexity index is 689. The minimum atomic E-state index is -0.354. The molecule has 1 saturated carbocycles. The standard InChI is InChI=1S/C15H15ClFN3O2/c16-12-7-10(17)3-4-11(12)13-8-20(5-6-21-13)15-19-18-14(22-15)9-1-2-9/h3-4,7,9,13H,1-2,5-6,8H2. The molecular weight excluding hydrogens is 309 g/mol. The fourth-order valence-electron chi connectivity index (χ4n) is 2.62. The highest BCUT2D eigenvalue weighted by Gasteiger charge is 2.32. The van der Waals surface area contributed by atoms with E-state index in [-0.39, 0.29) is 11.9 Å². The van der Waals surface area contributed by atoms with Crippen LogP contribution in [0.2, 0.25) is 5.02 Å².